The van der Waals surface area contributed by atoms with Crippen molar-refractivity contribution in [3.05, 3.63) is 136 Å². The van der Waals surface area contributed by atoms with E-state index in [4.69, 9.17) is 0 Å². The number of carbonyl (C=O) groups is 2. The second-order valence-electron chi connectivity index (χ2n) is 12.0. The Kier molecular flexibility index (Phi) is 10.6. The van der Waals surface area contributed by atoms with E-state index in [-0.39, 0.29) is 29.2 Å². The Hall–Kier alpha value is -5.03. The highest BCUT2D eigenvalue weighted by molar-refractivity contribution is 7.92. The molecule has 10 nitrogen and oxygen atoms in total. The van der Waals surface area contributed by atoms with Crippen LogP contribution in [0.5, 0.6) is 0 Å². The Morgan fingerprint density at radius 1 is 0.870 bits per heavy atom. The Labute approximate surface area is 269 Å². The summed E-state index contributed by atoms with van der Waals surface area (Å²) in [5, 5.41) is 14.6. The number of aryl methyl sites for hydroxylation is 1. The van der Waals surface area contributed by atoms with Crippen molar-refractivity contribution in [1.29, 1.82) is 0 Å². The fraction of sp³-hybridized carbons (Fsp3) is 0.257. The minimum absolute atomic E-state index is 0.0226. The van der Waals surface area contributed by atoms with Crippen molar-refractivity contribution in [3.63, 3.8) is 0 Å². The number of benzene rings is 4. The van der Waals surface area contributed by atoms with Gasteiger partial charge in [0.2, 0.25) is 11.8 Å². The zero-order valence-electron chi connectivity index (χ0n) is 26.3. The number of nitro groups is 1. The lowest BCUT2D eigenvalue weighted by Gasteiger charge is -2.35. The number of non-ortho nitro benzene ring substituents is 1. The third-order valence-electron chi connectivity index (χ3n) is 7.31. The Balaban J connectivity index is 1.85. The molecule has 0 fully saturated rings. The highest BCUT2D eigenvalue weighted by Gasteiger charge is 2.36. The highest BCUT2D eigenvalue weighted by atomic mass is 32.2. The topological polar surface area (TPSA) is 130 Å². The molecule has 11 heteroatoms. The van der Waals surface area contributed by atoms with Crippen LogP contribution in [0.1, 0.15) is 37.5 Å². The summed E-state index contributed by atoms with van der Waals surface area (Å²) in [4.78, 5) is 40.8. The van der Waals surface area contributed by atoms with E-state index in [1.54, 1.807) is 18.2 Å². The van der Waals surface area contributed by atoms with E-state index in [2.05, 4.69) is 5.32 Å². The van der Waals surface area contributed by atoms with Gasteiger partial charge < -0.3 is 10.2 Å². The number of nitrogens with one attached hydrogen (secondary N) is 1. The molecule has 0 spiro atoms. The molecular formula is C35H38N4O6S. The van der Waals surface area contributed by atoms with Crippen LogP contribution < -0.4 is 9.62 Å². The molecule has 0 bridgehead atoms. The first kappa shape index (κ1) is 33.9. The Morgan fingerprint density at radius 2 is 1.48 bits per heavy atom. The quantitative estimate of drug-likeness (QED) is 0.157. The zero-order chi connectivity index (χ0) is 33.5. The number of hydrogen-bond acceptors (Lipinski definition) is 6. The summed E-state index contributed by atoms with van der Waals surface area (Å²) in [5.41, 5.74) is 1.48. The minimum atomic E-state index is -4.38. The van der Waals surface area contributed by atoms with E-state index >= 15 is 0 Å². The third-order valence-corrected chi connectivity index (χ3v) is 9.10. The monoisotopic (exact) mass is 642 g/mol. The van der Waals surface area contributed by atoms with Gasteiger partial charge in [0.05, 0.1) is 15.5 Å². The molecule has 1 unspecified atom stereocenters. The molecule has 46 heavy (non-hydrogen) atoms. The number of sulfonamides is 1. The first-order valence-electron chi connectivity index (χ1n) is 14.8. The zero-order valence-corrected chi connectivity index (χ0v) is 27.1. The third kappa shape index (κ3) is 8.57. The van der Waals surface area contributed by atoms with Gasteiger partial charge >= 0.3 is 0 Å². The van der Waals surface area contributed by atoms with Crippen molar-refractivity contribution >= 4 is 33.2 Å². The van der Waals surface area contributed by atoms with Crippen molar-refractivity contribution in [2.24, 2.45) is 0 Å². The van der Waals surface area contributed by atoms with Crippen LogP contribution in [0, 0.1) is 17.0 Å². The Bertz CT molecular complexity index is 1790. The van der Waals surface area contributed by atoms with Crippen molar-refractivity contribution in [2.75, 3.05) is 10.8 Å². The maximum atomic E-state index is 14.5. The normalized spacial score (nSPS) is 12.2. The molecular weight excluding hydrogens is 604 g/mol. The van der Waals surface area contributed by atoms with Gasteiger partial charge in [0.15, 0.2) is 0 Å². The van der Waals surface area contributed by atoms with Crippen LogP contribution >= 0.6 is 0 Å². The number of nitrogens with zero attached hydrogens (tertiary/aromatic N) is 3. The summed E-state index contributed by atoms with van der Waals surface area (Å²) in [5.74, 6) is -1.05. The lowest BCUT2D eigenvalue weighted by molar-refractivity contribution is -0.384. The first-order valence-corrected chi connectivity index (χ1v) is 16.2. The second kappa shape index (κ2) is 14.4. The predicted octanol–water partition coefficient (Wildman–Crippen LogP) is 5.65. The van der Waals surface area contributed by atoms with Gasteiger partial charge in [-0.3, -0.25) is 24.0 Å². The van der Waals surface area contributed by atoms with Crippen molar-refractivity contribution in [1.82, 2.24) is 10.2 Å². The smallest absolute Gasteiger partial charge is 0.271 e. The number of anilines is 1. The highest BCUT2D eigenvalue weighted by Crippen LogP contribution is 2.28. The molecule has 240 valence electrons. The SMILES string of the molecule is Cc1ccccc1CN(C(=O)CN(c1cccc([N+](=O)[O-])c1)S(=O)(=O)c1ccccc1)C(Cc1ccccc1)C(=O)NC(C)(C)C. The molecule has 4 aromatic carbocycles. The van der Waals surface area contributed by atoms with Crippen LogP contribution in [-0.2, 0) is 32.6 Å². The number of hydrogen-bond donors (Lipinski definition) is 1. The van der Waals surface area contributed by atoms with Gasteiger partial charge in [-0.05, 0) is 62.6 Å². The summed E-state index contributed by atoms with van der Waals surface area (Å²) in [6.07, 6.45) is 0.169. The molecule has 0 aromatic heterocycles. The van der Waals surface area contributed by atoms with E-state index in [9.17, 15) is 28.1 Å². The maximum Gasteiger partial charge on any atom is 0.271 e. The van der Waals surface area contributed by atoms with Crippen molar-refractivity contribution in [3.8, 4) is 0 Å². The van der Waals surface area contributed by atoms with Gasteiger partial charge in [-0.1, -0.05) is 78.9 Å². The molecule has 0 saturated carbocycles. The van der Waals surface area contributed by atoms with E-state index in [0.717, 1.165) is 27.1 Å². The van der Waals surface area contributed by atoms with Gasteiger partial charge in [-0.2, -0.15) is 0 Å². The van der Waals surface area contributed by atoms with Crippen LogP contribution in [-0.4, -0.2) is 48.2 Å². The van der Waals surface area contributed by atoms with Gasteiger partial charge in [0.1, 0.15) is 12.6 Å². The summed E-state index contributed by atoms with van der Waals surface area (Å²) in [6, 6.07) is 28.4. The van der Waals surface area contributed by atoms with Crippen LogP contribution in [0.4, 0.5) is 11.4 Å². The molecule has 4 rings (SSSR count). The first-order chi connectivity index (χ1) is 21.8. The number of rotatable bonds is 12. The van der Waals surface area contributed by atoms with Gasteiger partial charge in [0, 0.05) is 30.6 Å². The average Bonchev–Trinajstić information content (AvgIpc) is 3.02. The second-order valence-corrected chi connectivity index (χ2v) is 13.9. The molecule has 1 atom stereocenters. The van der Waals surface area contributed by atoms with Crippen LogP contribution in [0.15, 0.2) is 114 Å². The van der Waals surface area contributed by atoms with E-state index < -0.39 is 44.9 Å². The Morgan fingerprint density at radius 3 is 2.09 bits per heavy atom. The molecule has 1 N–H and O–H groups in total. The summed E-state index contributed by atoms with van der Waals surface area (Å²) in [7, 11) is -4.38. The lowest BCUT2D eigenvalue weighted by atomic mass is 10.00. The minimum Gasteiger partial charge on any atom is -0.350 e. The molecule has 0 radical (unpaired) electrons. The number of nitro benzene ring substituents is 1. The van der Waals surface area contributed by atoms with E-state index in [1.165, 1.54) is 35.2 Å². The molecule has 2 amide bonds. The van der Waals surface area contributed by atoms with Crippen LogP contribution in [0.25, 0.3) is 0 Å². The molecule has 0 aliphatic carbocycles. The molecule has 4 aromatic rings. The fourth-order valence-electron chi connectivity index (χ4n) is 4.99. The molecule has 0 aliphatic heterocycles. The summed E-state index contributed by atoms with van der Waals surface area (Å²) in [6.45, 7) is 6.74. The number of amides is 2. The molecule has 0 saturated heterocycles. The van der Waals surface area contributed by atoms with Crippen molar-refractivity contribution in [2.45, 2.75) is 57.1 Å². The number of carbonyl (C=O) groups excluding carboxylic acids is 2. The van der Waals surface area contributed by atoms with Gasteiger partial charge in [-0.25, -0.2) is 8.42 Å². The summed E-state index contributed by atoms with van der Waals surface area (Å²) < 4.78 is 29.0. The van der Waals surface area contributed by atoms with E-state index in [0.29, 0.717) is 0 Å². The molecule has 0 heterocycles. The summed E-state index contributed by atoms with van der Waals surface area (Å²) >= 11 is 0. The largest absolute Gasteiger partial charge is 0.350 e. The van der Waals surface area contributed by atoms with Crippen LogP contribution in [0.2, 0.25) is 0 Å². The maximum absolute atomic E-state index is 14.5. The van der Waals surface area contributed by atoms with Crippen LogP contribution in [0.3, 0.4) is 0 Å². The lowest BCUT2D eigenvalue weighted by Crippen LogP contribution is -2.56. The molecule has 0 aliphatic rings. The standard InChI is InChI=1S/C35H38N4O6S/c1-26-14-11-12-17-28(26)24-37(32(34(41)36-35(2,3)4)22-27-15-7-5-8-16-27)33(40)25-38(29-18-13-19-30(23-29)39(42)43)46(44,45)31-20-9-6-10-21-31/h5-21,23,32H,22,24-25H2,1-4H3,(H,36,41). The predicted molar refractivity (Wildman–Crippen MR) is 178 cm³/mol. The van der Waals surface area contributed by atoms with E-state index in [1.807, 2.05) is 82.3 Å². The average molecular weight is 643 g/mol. The van der Waals surface area contributed by atoms with Crippen molar-refractivity contribution < 1.29 is 22.9 Å². The fourth-order valence-corrected chi connectivity index (χ4v) is 6.42. The van der Waals surface area contributed by atoms with Gasteiger partial charge in [0.25, 0.3) is 15.7 Å². The van der Waals surface area contributed by atoms with Gasteiger partial charge in [-0.15, -0.1) is 0 Å².